The van der Waals surface area contributed by atoms with Crippen LogP contribution in [0.5, 0.6) is 0 Å². The molecule has 0 bridgehead atoms. The van der Waals surface area contributed by atoms with Crippen molar-refractivity contribution in [2.75, 3.05) is 31.2 Å². The molecule has 1 saturated heterocycles. The van der Waals surface area contributed by atoms with Crippen molar-refractivity contribution in [1.29, 1.82) is 0 Å². The SMILES string of the molecule is Cc1ccc(C(F)(F)CN2CCC(N3CN=Cc4cc[nH]c43)CC2)cc1. The van der Waals surface area contributed by atoms with Crippen LogP contribution in [0.3, 0.4) is 0 Å². The molecule has 2 aromatic rings. The lowest BCUT2D eigenvalue weighted by atomic mass is 10.0. The van der Waals surface area contributed by atoms with Crippen LogP contribution in [-0.4, -0.2) is 48.4 Å². The first-order chi connectivity index (χ1) is 12.5. The lowest BCUT2D eigenvalue weighted by Gasteiger charge is -2.40. The van der Waals surface area contributed by atoms with Gasteiger partial charge < -0.3 is 9.88 Å². The summed E-state index contributed by atoms with van der Waals surface area (Å²) in [7, 11) is 0. The Balaban J connectivity index is 1.37. The van der Waals surface area contributed by atoms with Crippen LogP contribution >= 0.6 is 0 Å². The molecule has 4 rings (SSSR count). The van der Waals surface area contributed by atoms with Gasteiger partial charge in [-0.05, 0) is 25.8 Å². The topological polar surface area (TPSA) is 34.6 Å². The van der Waals surface area contributed by atoms with Crippen LogP contribution in [0.25, 0.3) is 0 Å². The highest BCUT2D eigenvalue weighted by atomic mass is 19.3. The first-order valence-corrected chi connectivity index (χ1v) is 9.14. The Morgan fingerprint density at radius 3 is 2.62 bits per heavy atom. The van der Waals surface area contributed by atoms with E-state index in [0.717, 1.165) is 29.8 Å². The van der Waals surface area contributed by atoms with E-state index in [1.807, 2.05) is 30.3 Å². The van der Waals surface area contributed by atoms with Gasteiger partial charge in [-0.3, -0.25) is 9.89 Å². The summed E-state index contributed by atoms with van der Waals surface area (Å²) in [5.74, 6) is -1.72. The standard InChI is InChI=1S/C20H24F2N4/c1-15-2-4-17(5-3-15)20(21,22)13-25-10-7-18(8-11-25)26-14-23-12-16-6-9-24-19(16)26/h2-6,9,12,18,24H,7-8,10-11,13-14H2,1H3. The van der Waals surface area contributed by atoms with Gasteiger partial charge in [0.25, 0.3) is 5.92 Å². The zero-order chi connectivity index (χ0) is 18.1. The number of aromatic nitrogens is 1. The Bertz CT molecular complexity index is 773. The molecule has 0 spiro atoms. The first kappa shape index (κ1) is 17.2. The number of likely N-dealkylation sites (tertiary alicyclic amines) is 1. The van der Waals surface area contributed by atoms with E-state index in [2.05, 4.69) is 14.9 Å². The summed E-state index contributed by atoms with van der Waals surface area (Å²) in [6, 6.07) is 8.94. The van der Waals surface area contributed by atoms with Gasteiger partial charge in [-0.1, -0.05) is 29.8 Å². The minimum Gasteiger partial charge on any atom is -0.348 e. The molecule has 138 valence electrons. The second kappa shape index (κ2) is 6.83. The van der Waals surface area contributed by atoms with E-state index in [9.17, 15) is 8.78 Å². The molecule has 0 atom stereocenters. The molecular formula is C20H24F2N4. The molecular weight excluding hydrogens is 334 g/mol. The Morgan fingerprint density at radius 1 is 1.15 bits per heavy atom. The highest BCUT2D eigenvalue weighted by Crippen LogP contribution is 2.32. The number of alkyl halides is 2. The van der Waals surface area contributed by atoms with Gasteiger partial charge in [0, 0.05) is 42.7 Å². The molecule has 1 aromatic heterocycles. The fraction of sp³-hybridized carbons (Fsp3) is 0.450. The van der Waals surface area contributed by atoms with Crippen LogP contribution in [-0.2, 0) is 5.92 Å². The molecule has 6 heteroatoms. The summed E-state index contributed by atoms with van der Waals surface area (Å²) < 4.78 is 29.2. The van der Waals surface area contributed by atoms with E-state index in [4.69, 9.17) is 0 Å². The van der Waals surface area contributed by atoms with Gasteiger partial charge in [0.1, 0.15) is 12.5 Å². The normalized spacial score (nSPS) is 19.0. The number of hydrogen-bond donors (Lipinski definition) is 1. The van der Waals surface area contributed by atoms with Crippen molar-refractivity contribution in [2.45, 2.75) is 31.7 Å². The van der Waals surface area contributed by atoms with Crippen LogP contribution in [0.4, 0.5) is 14.6 Å². The lowest BCUT2D eigenvalue weighted by molar-refractivity contribution is -0.0426. The number of fused-ring (bicyclic) bond motifs is 1. The van der Waals surface area contributed by atoms with E-state index in [1.165, 1.54) is 0 Å². The Hall–Kier alpha value is -2.21. The van der Waals surface area contributed by atoms with Gasteiger partial charge in [0.15, 0.2) is 0 Å². The fourth-order valence-corrected chi connectivity index (χ4v) is 3.88. The summed E-state index contributed by atoms with van der Waals surface area (Å²) >= 11 is 0. The molecule has 2 aliphatic heterocycles. The summed E-state index contributed by atoms with van der Waals surface area (Å²) in [6.07, 6.45) is 5.56. The highest BCUT2D eigenvalue weighted by molar-refractivity contribution is 5.88. The Kier molecular flexibility index (Phi) is 4.53. The number of aliphatic imine (C=N–C) groups is 1. The smallest absolute Gasteiger partial charge is 0.285 e. The number of nitrogens with zero attached hydrogens (tertiary/aromatic N) is 3. The summed E-state index contributed by atoms with van der Waals surface area (Å²) in [4.78, 5) is 11.9. The van der Waals surface area contributed by atoms with Gasteiger partial charge in [0.05, 0.1) is 6.54 Å². The highest BCUT2D eigenvalue weighted by Gasteiger charge is 2.36. The predicted octanol–water partition coefficient (Wildman–Crippen LogP) is 3.78. The van der Waals surface area contributed by atoms with Crippen molar-refractivity contribution in [1.82, 2.24) is 9.88 Å². The van der Waals surface area contributed by atoms with Gasteiger partial charge in [0.2, 0.25) is 0 Å². The van der Waals surface area contributed by atoms with E-state index in [1.54, 1.807) is 24.3 Å². The van der Waals surface area contributed by atoms with Crippen LogP contribution < -0.4 is 4.90 Å². The number of hydrogen-bond acceptors (Lipinski definition) is 3. The fourth-order valence-electron chi connectivity index (χ4n) is 3.88. The lowest BCUT2D eigenvalue weighted by Crippen LogP contribution is -2.48. The quantitative estimate of drug-likeness (QED) is 0.903. The minimum atomic E-state index is -2.82. The third-order valence-electron chi connectivity index (χ3n) is 5.40. The maximum absolute atomic E-state index is 14.6. The molecule has 0 aliphatic carbocycles. The second-order valence-corrected chi connectivity index (χ2v) is 7.28. The number of nitrogens with one attached hydrogen (secondary N) is 1. The molecule has 2 aliphatic rings. The number of piperidine rings is 1. The number of halogens is 2. The van der Waals surface area contributed by atoms with Crippen LogP contribution in [0.15, 0.2) is 41.5 Å². The predicted molar refractivity (Wildman–Crippen MR) is 100 cm³/mol. The monoisotopic (exact) mass is 358 g/mol. The van der Waals surface area contributed by atoms with Crippen LogP contribution in [0, 0.1) is 6.92 Å². The Labute approximate surface area is 152 Å². The van der Waals surface area contributed by atoms with Crippen LogP contribution in [0.1, 0.15) is 29.5 Å². The molecule has 1 fully saturated rings. The Morgan fingerprint density at radius 2 is 1.88 bits per heavy atom. The first-order valence-electron chi connectivity index (χ1n) is 9.14. The van der Waals surface area contributed by atoms with E-state index in [0.29, 0.717) is 25.8 Å². The van der Waals surface area contributed by atoms with Crippen molar-refractivity contribution in [3.8, 4) is 0 Å². The average molecular weight is 358 g/mol. The zero-order valence-corrected chi connectivity index (χ0v) is 15.0. The third kappa shape index (κ3) is 3.38. The number of aryl methyl sites for hydroxylation is 1. The zero-order valence-electron chi connectivity index (χ0n) is 15.0. The molecule has 4 nitrogen and oxygen atoms in total. The summed E-state index contributed by atoms with van der Waals surface area (Å²) in [6.45, 7) is 3.70. The second-order valence-electron chi connectivity index (χ2n) is 7.28. The maximum Gasteiger partial charge on any atom is 0.285 e. The van der Waals surface area contributed by atoms with Crippen LogP contribution in [0.2, 0.25) is 0 Å². The molecule has 1 N–H and O–H groups in total. The summed E-state index contributed by atoms with van der Waals surface area (Å²) in [5, 5.41) is 0. The van der Waals surface area contributed by atoms with E-state index < -0.39 is 5.92 Å². The van der Waals surface area contributed by atoms with Crippen molar-refractivity contribution in [3.63, 3.8) is 0 Å². The number of aromatic amines is 1. The third-order valence-corrected chi connectivity index (χ3v) is 5.40. The molecule has 3 heterocycles. The van der Waals surface area contributed by atoms with Crippen molar-refractivity contribution in [3.05, 3.63) is 53.2 Å². The maximum atomic E-state index is 14.6. The van der Waals surface area contributed by atoms with Gasteiger partial charge in [-0.2, -0.15) is 8.78 Å². The number of benzene rings is 1. The van der Waals surface area contributed by atoms with Gasteiger partial charge in [-0.15, -0.1) is 0 Å². The number of H-pyrrole nitrogens is 1. The largest absolute Gasteiger partial charge is 0.348 e. The number of anilines is 1. The molecule has 0 radical (unpaired) electrons. The minimum absolute atomic E-state index is 0.103. The molecule has 0 unspecified atom stereocenters. The van der Waals surface area contributed by atoms with Crippen molar-refractivity contribution < 1.29 is 8.78 Å². The van der Waals surface area contributed by atoms with Gasteiger partial charge in [-0.25, -0.2) is 0 Å². The van der Waals surface area contributed by atoms with Gasteiger partial charge >= 0.3 is 0 Å². The molecule has 0 saturated carbocycles. The average Bonchev–Trinajstić information content (AvgIpc) is 3.11. The van der Waals surface area contributed by atoms with E-state index >= 15 is 0 Å². The molecule has 26 heavy (non-hydrogen) atoms. The molecule has 0 amide bonds. The molecule has 1 aromatic carbocycles. The van der Waals surface area contributed by atoms with Crippen molar-refractivity contribution in [2.24, 2.45) is 4.99 Å². The van der Waals surface area contributed by atoms with Crippen molar-refractivity contribution >= 4 is 12.0 Å². The summed E-state index contributed by atoms with van der Waals surface area (Å²) in [5.41, 5.74) is 2.20. The number of rotatable bonds is 4. The van der Waals surface area contributed by atoms with E-state index in [-0.39, 0.29) is 12.1 Å².